The predicted molar refractivity (Wildman–Crippen MR) is 28.0 cm³/mol. The summed E-state index contributed by atoms with van der Waals surface area (Å²) in [6, 6.07) is 0. The molecule has 0 unspecified atom stereocenters. The van der Waals surface area contributed by atoms with Crippen molar-refractivity contribution in [1.82, 2.24) is 0 Å². The minimum Gasteiger partial charge on any atom is -0.211 e. The molecule has 3 heteroatoms. The van der Waals surface area contributed by atoms with Gasteiger partial charge in [0.1, 0.15) is 7.85 Å². The molecule has 0 aromatic carbocycles. The van der Waals surface area contributed by atoms with Crippen molar-refractivity contribution in [2.75, 3.05) is 0 Å². The Labute approximate surface area is 44.0 Å². The van der Waals surface area contributed by atoms with Crippen molar-refractivity contribution in [2.45, 2.75) is 19.3 Å². The van der Waals surface area contributed by atoms with E-state index in [1.54, 1.807) is 13.8 Å². The van der Waals surface area contributed by atoms with Gasteiger partial charge in [0.05, 0.1) is 0 Å². The molecule has 0 fully saturated rings. The number of aliphatic imine (C=N–C) groups is 1. The normalized spacial score (nSPS) is 10.0. The molecule has 2 radical (unpaired) electrons. The second kappa shape index (κ2) is 1.94. The summed E-state index contributed by atoms with van der Waals surface area (Å²) >= 11 is 0. The Bertz CT molecular complexity index is 98.7. The van der Waals surface area contributed by atoms with E-state index in [0.717, 1.165) is 0 Å². The number of hydrogen-bond acceptors (Lipinski definition) is 2. The first-order valence-electron chi connectivity index (χ1n) is 1.94. The third-order valence-electron chi connectivity index (χ3n) is 0.334. The topological polar surface area (TPSA) is 29.4 Å². The van der Waals surface area contributed by atoms with Gasteiger partial charge in [0.2, 0.25) is 6.08 Å². The summed E-state index contributed by atoms with van der Waals surface area (Å²) < 4.78 is 0. The van der Waals surface area contributed by atoms with E-state index in [-0.39, 0.29) is 0 Å². The van der Waals surface area contributed by atoms with Crippen LogP contribution < -0.4 is 0 Å². The third kappa shape index (κ3) is 5.44. The van der Waals surface area contributed by atoms with Crippen LogP contribution in [0.5, 0.6) is 0 Å². The lowest BCUT2D eigenvalue weighted by Gasteiger charge is -2.05. The van der Waals surface area contributed by atoms with Crippen molar-refractivity contribution in [3.63, 3.8) is 0 Å². The number of rotatable bonds is 1. The zero-order valence-corrected chi connectivity index (χ0v) is 4.43. The van der Waals surface area contributed by atoms with Gasteiger partial charge in [0.25, 0.3) is 0 Å². The molecule has 7 heavy (non-hydrogen) atoms. The monoisotopic (exact) mass is 95.1 g/mol. The van der Waals surface area contributed by atoms with Crippen molar-refractivity contribution in [1.29, 1.82) is 0 Å². The Morgan fingerprint density at radius 1 is 1.71 bits per heavy atom. The minimum atomic E-state index is -0.748. The van der Waals surface area contributed by atoms with E-state index in [1.165, 1.54) is 6.08 Å². The average molecular weight is 94.9 g/mol. The van der Waals surface area contributed by atoms with E-state index in [4.69, 9.17) is 7.85 Å². The molecule has 0 aliphatic rings. The molecule has 0 saturated heterocycles. The molecular weight excluding hydrogens is 88.9 g/mol. The van der Waals surface area contributed by atoms with Crippen LogP contribution in [0.1, 0.15) is 13.8 Å². The summed E-state index contributed by atoms with van der Waals surface area (Å²) in [5.74, 6) is 0. The van der Waals surface area contributed by atoms with Crippen LogP contribution in [0.3, 0.4) is 0 Å². The van der Waals surface area contributed by atoms with Crippen LogP contribution in [-0.2, 0) is 4.79 Å². The van der Waals surface area contributed by atoms with Gasteiger partial charge in [-0.2, -0.15) is 0 Å². The number of carbonyl (C=O) groups excluding carboxylic acids is 1. The van der Waals surface area contributed by atoms with Crippen LogP contribution in [0, 0.1) is 0 Å². The summed E-state index contributed by atoms with van der Waals surface area (Å²) in [7, 11) is 5.22. The molecule has 0 bridgehead atoms. The summed E-state index contributed by atoms with van der Waals surface area (Å²) in [4.78, 5) is 12.7. The SMILES string of the molecule is [B]C(C)(C)N=C=O. The van der Waals surface area contributed by atoms with Crippen LogP contribution in [0.25, 0.3) is 0 Å². The average Bonchev–Trinajstić information content (AvgIpc) is 1.30. The molecule has 2 nitrogen and oxygen atoms in total. The Morgan fingerprint density at radius 2 is 2.14 bits per heavy atom. The lowest BCUT2D eigenvalue weighted by atomic mass is 9.83. The number of nitrogens with zero attached hydrogens (tertiary/aromatic N) is 1. The molecule has 0 aliphatic carbocycles. The summed E-state index contributed by atoms with van der Waals surface area (Å²) in [5, 5.41) is 0. The van der Waals surface area contributed by atoms with E-state index in [2.05, 4.69) is 4.99 Å². The lowest BCUT2D eigenvalue weighted by molar-refractivity contribution is 0.557. The Balaban J connectivity index is 3.80. The summed E-state index contributed by atoms with van der Waals surface area (Å²) in [6.45, 7) is 3.25. The van der Waals surface area contributed by atoms with Crippen molar-refractivity contribution >= 4 is 13.9 Å². The van der Waals surface area contributed by atoms with Crippen molar-refractivity contribution in [2.24, 2.45) is 4.99 Å². The minimum absolute atomic E-state index is 0.748. The molecule has 0 atom stereocenters. The molecular formula is C4H6BNO. The molecule has 0 saturated carbocycles. The zero-order chi connectivity index (χ0) is 5.91. The van der Waals surface area contributed by atoms with Gasteiger partial charge < -0.3 is 0 Å². The highest BCUT2D eigenvalue weighted by molar-refractivity contribution is 6.15. The fourth-order valence-electron chi connectivity index (χ4n) is 0.118. The molecule has 0 rings (SSSR count). The quantitative estimate of drug-likeness (QED) is 0.260. The van der Waals surface area contributed by atoms with Crippen molar-refractivity contribution in [3.8, 4) is 0 Å². The molecule has 0 aromatic heterocycles. The zero-order valence-electron chi connectivity index (χ0n) is 4.43. The van der Waals surface area contributed by atoms with Gasteiger partial charge in [-0.25, -0.2) is 9.79 Å². The molecule has 36 valence electrons. The largest absolute Gasteiger partial charge is 0.234 e. The van der Waals surface area contributed by atoms with Gasteiger partial charge >= 0.3 is 0 Å². The van der Waals surface area contributed by atoms with Gasteiger partial charge in [-0.15, -0.1) is 0 Å². The van der Waals surface area contributed by atoms with E-state index in [0.29, 0.717) is 0 Å². The van der Waals surface area contributed by atoms with Crippen molar-refractivity contribution < 1.29 is 4.79 Å². The molecule has 0 N–H and O–H groups in total. The van der Waals surface area contributed by atoms with Gasteiger partial charge in [-0.05, 0) is 13.8 Å². The van der Waals surface area contributed by atoms with Gasteiger partial charge in [-0.3, -0.25) is 0 Å². The van der Waals surface area contributed by atoms with Crippen molar-refractivity contribution in [3.05, 3.63) is 0 Å². The lowest BCUT2D eigenvalue weighted by Crippen LogP contribution is -2.14. The Hall–Kier alpha value is -0.555. The smallest absolute Gasteiger partial charge is 0.211 e. The highest BCUT2D eigenvalue weighted by Gasteiger charge is 2.03. The first-order chi connectivity index (χ1) is 3.06. The van der Waals surface area contributed by atoms with Crippen LogP contribution >= 0.6 is 0 Å². The molecule has 0 spiro atoms. The van der Waals surface area contributed by atoms with Gasteiger partial charge in [-0.1, -0.05) is 0 Å². The number of hydrogen-bond donors (Lipinski definition) is 0. The molecule has 0 aliphatic heterocycles. The standard InChI is InChI=1S/C4H6BNO/c1-4(2,5)6-3-7/h1-2H3. The first kappa shape index (κ1) is 6.44. The van der Waals surface area contributed by atoms with E-state index < -0.39 is 5.44 Å². The highest BCUT2D eigenvalue weighted by atomic mass is 16.1. The van der Waals surface area contributed by atoms with E-state index >= 15 is 0 Å². The fraction of sp³-hybridized carbons (Fsp3) is 0.750. The summed E-state index contributed by atoms with van der Waals surface area (Å²) in [6.07, 6.45) is 1.36. The molecule has 0 amide bonds. The fourth-order valence-corrected chi connectivity index (χ4v) is 0.118. The maximum atomic E-state index is 9.45. The maximum Gasteiger partial charge on any atom is 0.234 e. The van der Waals surface area contributed by atoms with Gasteiger partial charge in [0.15, 0.2) is 0 Å². The first-order valence-corrected chi connectivity index (χ1v) is 1.94. The van der Waals surface area contributed by atoms with Crippen LogP contribution in [0.15, 0.2) is 4.99 Å². The van der Waals surface area contributed by atoms with E-state index in [1.807, 2.05) is 0 Å². The second-order valence-electron chi connectivity index (χ2n) is 1.86. The Morgan fingerprint density at radius 3 is 2.14 bits per heavy atom. The highest BCUT2D eigenvalue weighted by Crippen LogP contribution is 1.97. The second-order valence-corrected chi connectivity index (χ2v) is 1.86. The maximum absolute atomic E-state index is 9.45. The van der Waals surface area contributed by atoms with Gasteiger partial charge in [0, 0.05) is 5.44 Å². The Kier molecular flexibility index (Phi) is 1.79. The number of isocyanates is 1. The van der Waals surface area contributed by atoms with E-state index in [9.17, 15) is 4.79 Å². The third-order valence-corrected chi connectivity index (χ3v) is 0.334. The molecule has 0 aromatic rings. The molecule has 0 heterocycles. The van der Waals surface area contributed by atoms with Crippen LogP contribution in [-0.4, -0.2) is 19.4 Å². The predicted octanol–water partition coefficient (Wildman–Crippen LogP) is 0.227. The van der Waals surface area contributed by atoms with Crippen LogP contribution in [0.4, 0.5) is 0 Å². The summed E-state index contributed by atoms with van der Waals surface area (Å²) in [5.41, 5.74) is -0.748. The van der Waals surface area contributed by atoms with Crippen LogP contribution in [0.2, 0.25) is 0 Å².